The number of anilines is 1. The maximum atomic E-state index is 4.35. The predicted molar refractivity (Wildman–Crippen MR) is 82.4 cm³/mol. The SMILES string of the molecule is CCC(C)(C)C1CCC(Nc2ccc(C)nc2)CC1. The van der Waals surface area contributed by atoms with E-state index in [1.54, 1.807) is 0 Å². The van der Waals surface area contributed by atoms with Crippen LogP contribution < -0.4 is 5.32 Å². The van der Waals surface area contributed by atoms with Crippen LogP contribution in [0.5, 0.6) is 0 Å². The van der Waals surface area contributed by atoms with Crippen LogP contribution in [0.15, 0.2) is 18.3 Å². The second-order valence-electron chi connectivity index (χ2n) is 6.72. The Morgan fingerprint density at radius 3 is 2.42 bits per heavy atom. The van der Waals surface area contributed by atoms with Crippen LogP contribution in [0.4, 0.5) is 5.69 Å². The monoisotopic (exact) mass is 260 g/mol. The zero-order chi connectivity index (χ0) is 13.9. The highest BCUT2D eigenvalue weighted by Crippen LogP contribution is 2.40. The van der Waals surface area contributed by atoms with E-state index in [0.717, 1.165) is 11.6 Å². The molecule has 0 unspecified atom stereocenters. The van der Waals surface area contributed by atoms with Gasteiger partial charge >= 0.3 is 0 Å². The van der Waals surface area contributed by atoms with Crippen molar-refractivity contribution in [1.82, 2.24) is 4.98 Å². The lowest BCUT2D eigenvalue weighted by Gasteiger charge is -2.39. The van der Waals surface area contributed by atoms with Crippen molar-refractivity contribution in [2.75, 3.05) is 5.32 Å². The number of pyridine rings is 1. The van der Waals surface area contributed by atoms with Gasteiger partial charge in [-0.1, -0.05) is 27.2 Å². The Balaban J connectivity index is 1.85. The van der Waals surface area contributed by atoms with Crippen molar-refractivity contribution in [3.05, 3.63) is 24.0 Å². The summed E-state index contributed by atoms with van der Waals surface area (Å²) in [6, 6.07) is 4.85. The van der Waals surface area contributed by atoms with E-state index < -0.39 is 0 Å². The van der Waals surface area contributed by atoms with Gasteiger partial charge in [0.25, 0.3) is 0 Å². The second-order valence-corrected chi connectivity index (χ2v) is 6.72. The summed E-state index contributed by atoms with van der Waals surface area (Å²) >= 11 is 0. The molecule has 0 aliphatic heterocycles. The van der Waals surface area contributed by atoms with Crippen LogP contribution >= 0.6 is 0 Å². The number of rotatable bonds is 4. The fourth-order valence-electron chi connectivity index (χ4n) is 3.10. The van der Waals surface area contributed by atoms with Gasteiger partial charge in [-0.2, -0.15) is 0 Å². The minimum Gasteiger partial charge on any atom is -0.381 e. The largest absolute Gasteiger partial charge is 0.381 e. The average Bonchev–Trinajstić information content (AvgIpc) is 2.42. The standard InChI is InChI=1S/C17H28N2/c1-5-17(3,4)14-7-10-15(11-8-14)19-16-9-6-13(2)18-12-16/h6,9,12,14-15,19H,5,7-8,10-11H2,1-4H3. The first kappa shape index (κ1) is 14.4. The van der Waals surface area contributed by atoms with E-state index >= 15 is 0 Å². The predicted octanol–water partition coefficient (Wildman–Crippen LogP) is 4.80. The molecule has 1 aliphatic rings. The Morgan fingerprint density at radius 1 is 1.21 bits per heavy atom. The normalized spacial score (nSPS) is 24.2. The van der Waals surface area contributed by atoms with Gasteiger partial charge in [0.15, 0.2) is 0 Å². The quantitative estimate of drug-likeness (QED) is 0.841. The minimum absolute atomic E-state index is 0.510. The molecule has 2 heteroatoms. The fourth-order valence-corrected chi connectivity index (χ4v) is 3.10. The van der Waals surface area contributed by atoms with Crippen molar-refractivity contribution < 1.29 is 0 Å². The number of hydrogen-bond donors (Lipinski definition) is 1. The minimum atomic E-state index is 0.510. The number of nitrogens with zero attached hydrogens (tertiary/aromatic N) is 1. The molecule has 2 nitrogen and oxygen atoms in total. The molecule has 1 aliphatic carbocycles. The van der Waals surface area contributed by atoms with E-state index in [1.807, 2.05) is 13.1 Å². The van der Waals surface area contributed by atoms with Gasteiger partial charge in [0.05, 0.1) is 11.9 Å². The van der Waals surface area contributed by atoms with Crippen LogP contribution in [-0.2, 0) is 0 Å². The van der Waals surface area contributed by atoms with Crippen molar-refractivity contribution in [1.29, 1.82) is 0 Å². The lowest BCUT2D eigenvalue weighted by molar-refractivity contribution is 0.147. The van der Waals surface area contributed by atoms with Gasteiger partial charge in [-0.3, -0.25) is 4.98 Å². The number of aromatic nitrogens is 1. The Kier molecular flexibility index (Phi) is 4.49. The van der Waals surface area contributed by atoms with Gasteiger partial charge < -0.3 is 5.32 Å². The molecule has 0 bridgehead atoms. The molecule has 0 spiro atoms. The van der Waals surface area contributed by atoms with Crippen molar-refractivity contribution in [3.8, 4) is 0 Å². The van der Waals surface area contributed by atoms with E-state index in [4.69, 9.17) is 0 Å². The van der Waals surface area contributed by atoms with Crippen molar-refractivity contribution >= 4 is 5.69 Å². The summed E-state index contributed by atoms with van der Waals surface area (Å²) in [7, 11) is 0. The molecule has 1 fully saturated rings. The molecule has 106 valence electrons. The van der Waals surface area contributed by atoms with Gasteiger partial charge in [0.2, 0.25) is 0 Å². The zero-order valence-electron chi connectivity index (χ0n) is 12.9. The first-order valence-electron chi connectivity index (χ1n) is 7.70. The van der Waals surface area contributed by atoms with E-state index in [9.17, 15) is 0 Å². The summed E-state index contributed by atoms with van der Waals surface area (Å²) in [4.78, 5) is 4.35. The third-order valence-corrected chi connectivity index (χ3v) is 5.03. The number of nitrogens with one attached hydrogen (secondary N) is 1. The summed E-state index contributed by atoms with van der Waals surface area (Å²) in [5.74, 6) is 0.895. The van der Waals surface area contributed by atoms with Crippen molar-refractivity contribution in [3.63, 3.8) is 0 Å². The highest BCUT2D eigenvalue weighted by Gasteiger charge is 2.31. The highest BCUT2D eigenvalue weighted by molar-refractivity contribution is 5.41. The molecule has 1 aromatic rings. The first-order chi connectivity index (χ1) is 9.01. The molecule has 19 heavy (non-hydrogen) atoms. The Morgan fingerprint density at radius 2 is 1.89 bits per heavy atom. The molecule has 0 aromatic carbocycles. The van der Waals surface area contributed by atoms with Gasteiger partial charge in [-0.25, -0.2) is 0 Å². The molecule has 1 saturated carbocycles. The molecule has 0 saturated heterocycles. The summed E-state index contributed by atoms with van der Waals surface area (Å²) in [5, 5.41) is 3.64. The van der Waals surface area contributed by atoms with E-state index in [-0.39, 0.29) is 0 Å². The second kappa shape index (κ2) is 5.94. The van der Waals surface area contributed by atoms with Gasteiger partial charge in [0.1, 0.15) is 0 Å². The van der Waals surface area contributed by atoms with Crippen LogP contribution in [-0.4, -0.2) is 11.0 Å². The van der Waals surface area contributed by atoms with Gasteiger partial charge in [-0.05, 0) is 56.1 Å². The Hall–Kier alpha value is -1.05. The van der Waals surface area contributed by atoms with Crippen LogP contribution in [0.3, 0.4) is 0 Å². The zero-order valence-corrected chi connectivity index (χ0v) is 12.9. The Labute approximate surface area is 118 Å². The third-order valence-electron chi connectivity index (χ3n) is 5.03. The fraction of sp³-hybridized carbons (Fsp3) is 0.706. The molecular formula is C17H28N2. The van der Waals surface area contributed by atoms with Crippen molar-refractivity contribution in [2.45, 2.75) is 65.8 Å². The van der Waals surface area contributed by atoms with Gasteiger partial charge in [0, 0.05) is 11.7 Å². The van der Waals surface area contributed by atoms with E-state index in [2.05, 4.69) is 43.2 Å². The van der Waals surface area contributed by atoms with Gasteiger partial charge in [-0.15, -0.1) is 0 Å². The molecule has 0 radical (unpaired) electrons. The number of aryl methyl sites for hydroxylation is 1. The number of hydrogen-bond acceptors (Lipinski definition) is 2. The molecule has 1 heterocycles. The summed E-state index contributed by atoms with van der Waals surface area (Å²) in [6.07, 6.45) is 8.55. The topological polar surface area (TPSA) is 24.9 Å². The molecule has 2 rings (SSSR count). The third kappa shape index (κ3) is 3.71. The van der Waals surface area contributed by atoms with Crippen molar-refractivity contribution in [2.24, 2.45) is 11.3 Å². The maximum Gasteiger partial charge on any atom is 0.0529 e. The summed E-state index contributed by atoms with van der Waals surface area (Å²) in [6.45, 7) is 9.20. The summed E-state index contributed by atoms with van der Waals surface area (Å²) < 4.78 is 0. The van der Waals surface area contributed by atoms with Crippen LogP contribution in [0.2, 0.25) is 0 Å². The summed E-state index contributed by atoms with van der Waals surface area (Å²) in [5.41, 5.74) is 2.76. The molecule has 0 atom stereocenters. The van der Waals surface area contributed by atoms with E-state index in [1.165, 1.54) is 37.8 Å². The molecule has 1 N–H and O–H groups in total. The van der Waals surface area contributed by atoms with E-state index in [0.29, 0.717) is 11.5 Å². The molecule has 0 amide bonds. The Bertz CT molecular complexity index is 386. The van der Waals surface area contributed by atoms with Crippen LogP contribution in [0.1, 0.15) is 58.6 Å². The van der Waals surface area contributed by atoms with Crippen LogP contribution in [0, 0.1) is 18.3 Å². The lowest BCUT2D eigenvalue weighted by atomic mass is 9.69. The maximum absolute atomic E-state index is 4.35. The lowest BCUT2D eigenvalue weighted by Crippen LogP contribution is -2.32. The van der Waals surface area contributed by atoms with Crippen LogP contribution in [0.25, 0.3) is 0 Å². The molecule has 1 aromatic heterocycles. The average molecular weight is 260 g/mol. The first-order valence-corrected chi connectivity index (χ1v) is 7.70. The smallest absolute Gasteiger partial charge is 0.0529 e. The highest BCUT2D eigenvalue weighted by atomic mass is 14.9. The molecular weight excluding hydrogens is 232 g/mol.